The zero-order valence-corrected chi connectivity index (χ0v) is 15.7. The van der Waals surface area contributed by atoms with Gasteiger partial charge in [0.1, 0.15) is 0 Å². The van der Waals surface area contributed by atoms with Gasteiger partial charge in [-0.3, -0.25) is 19.3 Å². The number of hydrogen-bond donors (Lipinski definition) is 1. The number of thioether (sulfide) groups is 1. The van der Waals surface area contributed by atoms with Gasteiger partial charge in [0.2, 0.25) is 17.7 Å². The Morgan fingerprint density at radius 2 is 1.96 bits per heavy atom. The van der Waals surface area contributed by atoms with Crippen molar-refractivity contribution in [1.82, 2.24) is 10.2 Å². The van der Waals surface area contributed by atoms with Crippen LogP contribution < -0.4 is 5.32 Å². The van der Waals surface area contributed by atoms with E-state index in [1.807, 2.05) is 20.8 Å². The molecule has 1 atom stereocenters. The number of likely N-dealkylation sites (tertiary alicyclic amines) is 1. The highest BCUT2D eigenvalue weighted by molar-refractivity contribution is 8.04. The van der Waals surface area contributed by atoms with Crippen molar-refractivity contribution in [3.63, 3.8) is 0 Å². The number of hydrogen-bond acceptors (Lipinski definition) is 4. The molecule has 1 heterocycles. The molecule has 136 valence electrons. The summed E-state index contributed by atoms with van der Waals surface area (Å²) in [6.45, 7) is 10.1. The average Bonchev–Trinajstić information content (AvgIpc) is 2.74. The zero-order chi connectivity index (χ0) is 17.9. The number of rotatable bonds is 6. The number of carbonyl (C=O) groups is 3. The SMILES string of the molecule is C=C(C)SC1CC(=O)N(CC2CCC(C(=O)NC(C)C)CC2)C1=O.[HH]. The van der Waals surface area contributed by atoms with Gasteiger partial charge in [-0.1, -0.05) is 6.58 Å². The molecule has 1 N–H and O–H groups in total. The molecular formula is C18H30N2O3S. The molecule has 2 aliphatic rings. The summed E-state index contributed by atoms with van der Waals surface area (Å²) in [5, 5.41) is 2.67. The Balaban J connectivity index is 0.00000312. The van der Waals surface area contributed by atoms with Crippen LogP contribution in [-0.2, 0) is 14.4 Å². The molecule has 1 saturated heterocycles. The van der Waals surface area contributed by atoms with E-state index in [9.17, 15) is 14.4 Å². The fourth-order valence-corrected chi connectivity index (χ4v) is 4.39. The van der Waals surface area contributed by atoms with Crippen LogP contribution in [0.15, 0.2) is 11.5 Å². The minimum atomic E-state index is -0.303. The van der Waals surface area contributed by atoms with E-state index in [0.29, 0.717) is 12.5 Å². The Morgan fingerprint density at radius 1 is 1.33 bits per heavy atom. The van der Waals surface area contributed by atoms with Crippen molar-refractivity contribution < 1.29 is 15.8 Å². The molecule has 0 aromatic rings. The molecule has 1 unspecified atom stereocenters. The van der Waals surface area contributed by atoms with Gasteiger partial charge in [-0.25, -0.2) is 0 Å². The van der Waals surface area contributed by atoms with E-state index in [2.05, 4.69) is 11.9 Å². The lowest BCUT2D eigenvalue weighted by Gasteiger charge is -2.30. The molecule has 6 heteroatoms. The largest absolute Gasteiger partial charge is 0.354 e. The summed E-state index contributed by atoms with van der Waals surface area (Å²) < 4.78 is 0. The van der Waals surface area contributed by atoms with Gasteiger partial charge in [0.25, 0.3) is 0 Å². The van der Waals surface area contributed by atoms with Crippen LogP contribution in [0.2, 0.25) is 0 Å². The zero-order valence-electron chi connectivity index (χ0n) is 14.8. The first-order valence-corrected chi connectivity index (χ1v) is 9.62. The third kappa shape index (κ3) is 4.85. The van der Waals surface area contributed by atoms with Crippen LogP contribution in [0.25, 0.3) is 0 Å². The number of nitrogens with zero attached hydrogens (tertiary/aromatic N) is 1. The number of allylic oxidation sites excluding steroid dienone is 1. The van der Waals surface area contributed by atoms with E-state index < -0.39 is 0 Å². The fourth-order valence-electron chi connectivity index (χ4n) is 3.45. The lowest BCUT2D eigenvalue weighted by molar-refractivity contribution is -0.139. The Kier molecular flexibility index (Phi) is 6.49. The molecule has 24 heavy (non-hydrogen) atoms. The number of amides is 3. The molecule has 3 amide bonds. The molecule has 0 spiro atoms. The smallest absolute Gasteiger partial charge is 0.243 e. The highest BCUT2D eigenvalue weighted by Gasteiger charge is 2.40. The molecule has 1 aliphatic heterocycles. The van der Waals surface area contributed by atoms with Gasteiger partial charge < -0.3 is 5.32 Å². The third-order valence-electron chi connectivity index (χ3n) is 4.64. The maximum absolute atomic E-state index is 12.4. The van der Waals surface area contributed by atoms with E-state index in [4.69, 9.17) is 0 Å². The highest BCUT2D eigenvalue weighted by atomic mass is 32.2. The maximum atomic E-state index is 12.4. The van der Waals surface area contributed by atoms with E-state index in [0.717, 1.165) is 30.6 Å². The summed E-state index contributed by atoms with van der Waals surface area (Å²) in [4.78, 5) is 38.9. The molecule has 5 nitrogen and oxygen atoms in total. The molecule has 2 fully saturated rings. The summed E-state index contributed by atoms with van der Waals surface area (Å²) in [6, 6.07) is 0.165. The minimum Gasteiger partial charge on any atom is -0.354 e. The van der Waals surface area contributed by atoms with Gasteiger partial charge in [0.05, 0.1) is 5.25 Å². The van der Waals surface area contributed by atoms with E-state index in [1.54, 1.807) is 0 Å². The van der Waals surface area contributed by atoms with Crippen molar-refractivity contribution in [3.05, 3.63) is 11.5 Å². The van der Waals surface area contributed by atoms with Crippen LogP contribution in [0.1, 0.15) is 54.3 Å². The van der Waals surface area contributed by atoms with Crippen LogP contribution >= 0.6 is 11.8 Å². The van der Waals surface area contributed by atoms with Crippen LogP contribution in [0.3, 0.4) is 0 Å². The first-order valence-electron chi connectivity index (χ1n) is 8.74. The Labute approximate surface area is 150 Å². The van der Waals surface area contributed by atoms with Crippen molar-refractivity contribution in [2.24, 2.45) is 11.8 Å². The van der Waals surface area contributed by atoms with Crippen LogP contribution in [0.4, 0.5) is 0 Å². The molecule has 0 radical (unpaired) electrons. The van der Waals surface area contributed by atoms with Gasteiger partial charge in [-0.2, -0.15) is 0 Å². The van der Waals surface area contributed by atoms with Gasteiger partial charge in [0, 0.05) is 26.4 Å². The number of imide groups is 1. The summed E-state index contributed by atoms with van der Waals surface area (Å²) in [6.07, 6.45) is 3.74. The Bertz CT molecular complexity index is 530. The number of nitrogens with one attached hydrogen (secondary N) is 1. The average molecular weight is 355 g/mol. The topological polar surface area (TPSA) is 66.5 Å². The van der Waals surface area contributed by atoms with Gasteiger partial charge >= 0.3 is 0 Å². The van der Waals surface area contributed by atoms with Crippen molar-refractivity contribution in [1.29, 1.82) is 0 Å². The van der Waals surface area contributed by atoms with Crippen LogP contribution in [-0.4, -0.2) is 40.5 Å². The quantitative estimate of drug-likeness (QED) is 0.745. The molecule has 0 bridgehead atoms. The Hall–Kier alpha value is -1.30. The maximum Gasteiger partial charge on any atom is 0.243 e. The minimum absolute atomic E-state index is 0. The summed E-state index contributed by atoms with van der Waals surface area (Å²) >= 11 is 1.39. The molecule has 0 aromatic heterocycles. The fraction of sp³-hybridized carbons (Fsp3) is 0.722. The second-order valence-corrected chi connectivity index (χ2v) is 8.74. The predicted molar refractivity (Wildman–Crippen MR) is 98.4 cm³/mol. The summed E-state index contributed by atoms with van der Waals surface area (Å²) in [5.74, 6) is 0.371. The molecule has 1 saturated carbocycles. The normalized spacial score (nSPS) is 27.7. The number of carbonyl (C=O) groups excluding carboxylic acids is 3. The van der Waals surface area contributed by atoms with E-state index in [1.165, 1.54) is 16.7 Å². The lowest BCUT2D eigenvalue weighted by Crippen LogP contribution is -2.40. The first kappa shape index (κ1) is 19.0. The Morgan fingerprint density at radius 3 is 2.50 bits per heavy atom. The summed E-state index contributed by atoms with van der Waals surface area (Å²) in [7, 11) is 0. The molecule has 1 aliphatic carbocycles. The van der Waals surface area contributed by atoms with E-state index >= 15 is 0 Å². The van der Waals surface area contributed by atoms with Crippen molar-refractivity contribution in [2.45, 2.75) is 64.2 Å². The lowest BCUT2D eigenvalue weighted by atomic mass is 9.81. The standard InChI is InChI=1S/C18H28N2O3S.H2/c1-11(2)19-17(22)14-7-5-13(6-8-14)10-20-16(21)9-15(18(20)23)24-12(3)4;/h11,13-15H,3,5-10H2,1-2,4H3,(H,19,22);1H. The van der Waals surface area contributed by atoms with Gasteiger partial charge in [0.15, 0.2) is 0 Å². The monoisotopic (exact) mass is 354 g/mol. The predicted octanol–water partition coefficient (Wildman–Crippen LogP) is 2.96. The van der Waals surface area contributed by atoms with Gasteiger partial charge in [-0.05, 0) is 57.3 Å². The van der Waals surface area contributed by atoms with Crippen molar-refractivity contribution in [2.75, 3.05) is 6.54 Å². The second-order valence-electron chi connectivity index (χ2n) is 7.24. The molecular weight excluding hydrogens is 324 g/mol. The van der Waals surface area contributed by atoms with Crippen molar-refractivity contribution >= 4 is 29.5 Å². The van der Waals surface area contributed by atoms with Crippen LogP contribution in [0.5, 0.6) is 0 Å². The van der Waals surface area contributed by atoms with Crippen molar-refractivity contribution in [3.8, 4) is 0 Å². The second kappa shape index (κ2) is 8.19. The highest BCUT2D eigenvalue weighted by Crippen LogP contribution is 2.33. The molecule has 2 rings (SSSR count). The third-order valence-corrected chi connectivity index (χ3v) is 5.69. The summed E-state index contributed by atoms with van der Waals surface area (Å²) in [5.41, 5.74) is 0. The molecule has 0 aromatic carbocycles. The van der Waals surface area contributed by atoms with E-state index in [-0.39, 0.29) is 42.8 Å². The van der Waals surface area contributed by atoms with Crippen LogP contribution in [0, 0.1) is 11.8 Å². The first-order chi connectivity index (χ1) is 11.3. The van der Waals surface area contributed by atoms with Gasteiger partial charge in [-0.15, -0.1) is 11.8 Å².